The van der Waals surface area contributed by atoms with Gasteiger partial charge in [0.25, 0.3) is 0 Å². The number of hydrogen-bond acceptors (Lipinski definition) is 0. The lowest BCUT2D eigenvalue weighted by atomic mass is 10.0. The molecule has 0 aliphatic heterocycles. The molecule has 0 amide bonds. The normalized spacial score (nSPS) is 26.4. The van der Waals surface area contributed by atoms with E-state index in [0.717, 1.165) is 8.58 Å². The maximum Gasteiger partial charge on any atom is -0.0277 e. The van der Waals surface area contributed by atoms with Gasteiger partial charge in [0, 0.05) is 0 Å². The van der Waals surface area contributed by atoms with Gasteiger partial charge in [-0.25, -0.2) is 0 Å². The Morgan fingerprint density at radius 2 is 0.720 bits per heavy atom. The maximum atomic E-state index is 2.65. The Hall–Kier alpha value is -0.0900. The summed E-state index contributed by atoms with van der Waals surface area (Å²) in [6, 6.07) is 0. The molecule has 0 fully saturated rings. The van der Waals surface area contributed by atoms with Crippen molar-refractivity contribution in [1.82, 2.24) is 0 Å². The molecule has 0 aromatic heterocycles. The van der Waals surface area contributed by atoms with Crippen molar-refractivity contribution in [2.45, 2.75) is 128 Å². The quantitative estimate of drug-likeness (QED) is 0.429. The fourth-order valence-corrected chi connectivity index (χ4v) is 5.74. The first kappa shape index (κ1) is 21.2. The molecule has 0 N–H and O–H groups in total. The third-order valence-electron chi connectivity index (χ3n) is 5.90. The van der Waals surface area contributed by atoms with Crippen LogP contribution in [-0.4, -0.2) is 0 Å². The summed E-state index contributed by atoms with van der Waals surface area (Å²) >= 11 is 0. The molecule has 0 spiro atoms. The zero-order valence-electron chi connectivity index (χ0n) is 16.8. The first-order chi connectivity index (χ1) is 12.4. The van der Waals surface area contributed by atoms with Crippen LogP contribution >= 0.6 is 8.58 Å². The molecule has 0 saturated carbocycles. The zero-order valence-corrected chi connectivity index (χ0v) is 17.8. The molecule has 25 heavy (non-hydrogen) atoms. The number of rotatable bonds is 2. The molecule has 0 aromatic rings. The molecular weight excluding hydrogens is 319 g/mol. The molecule has 2 aliphatic carbocycles. The van der Waals surface area contributed by atoms with Gasteiger partial charge in [0.15, 0.2) is 0 Å². The molecule has 0 heterocycles. The minimum atomic E-state index is 1.02. The van der Waals surface area contributed by atoms with E-state index in [9.17, 15) is 0 Å². The average Bonchev–Trinajstić information content (AvgIpc) is 2.59. The highest BCUT2D eigenvalue weighted by Gasteiger charge is 2.06. The molecule has 144 valence electrons. The van der Waals surface area contributed by atoms with Crippen LogP contribution in [-0.2, 0) is 0 Å². The van der Waals surface area contributed by atoms with Crippen LogP contribution in [0.4, 0.5) is 0 Å². The van der Waals surface area contributed by atoms with E-state index in [1.165, 1.54) is 128 Å². The second kappa shape index (κ2) is 15.0. The van der Waals surface area contributed by atoms with Crippen molar-refractivity contribution < 1.29 is 0 Å². The van der Waals surface area contributed by atoms with E-state index in [1.807, 2.05) is 0 Å². The van der Waals surface area contributed by atoms with Gasteiger partial charge in [-0.2, -0.15) is 0 Å². The average molecular weight is 363 g/mol. The maximum absolute atomic E-state index is 2.65. The smallest absolute Gasteiger partial charge is 0.0277 e. The van der Waals surface area contributed by atoms with E-state index in [2.05, 4.69) is 12.2 Å². The fraction of sp³-hybridized carbons (Fsp3) is 0.833. The van der Waals surface area contributed by atoms with Gasteiger partial charge in [-0.3, -0.25) is 0 Å². The van der Waals surface area contributed by atoms with Crippen LogP contribution in [0.3, 0.4) is 0 Å². The van der Waals surface area contributed by atoms with Crippen LogP contribution in [0.2, 0.25) is 0 Å². The minimum Gasteiger partial charge on any atom is -0.0808 e. The van der Waals surface area contributed by atoms with Gasteiger partial charge >= 0.3 is 0 Å². The Balaban J connectivity index is 1.87. The molecule has 1 heteroatoms. The molecule has 0 radical (unpaired) electrons. The van der Waals surface area contributed by atoms with Gasteiger partial charge in [-0.15, -0.1) is 0 Å². The molecule has 0 saturated heterocycles. The van der Waals surface area contributed by atoms with Gasteiger partial charge in [0.05, 0.1) is 0 Å². The zero-order chi connectivity index (χ0) is 17.4. The molecule has 1 unspecified atom stereocenters. The summed E-state index contributed by atoms with van der Waals surface area (Å²) in [6.07, 6.45) is 34.1. The fourth-order valence-electron chi connectivity index (χ4n) is 4.23. The molecule has 2 aliphatic rings. The van der Waals surface area contributed by atoms with Crippen molar-refractivity contribution in [3.63, 3.8) is 0 Å². The molecule has 1 atom stereocenters. The third-order valence-corrected chi connectivity index (χ3v) is 7.45. The van der Waals surface area contributed by atoms with E-state index in [1.54, 1.807) is 10.6 Å². The van der Waals surface area contributed by atoms with E-state index >= 15 is 0 Å². The summed E-state index contributed by atoms with van der Waals surface area (Å²) < 4.78 is 0. The lowest BCUT2D eigenvalue weighted by Crippen LogP contribution is -1.88. The van der Waals surface area contributed by atoms with Gasteiger partial charge in [-0.1, -0.05) is 97.8 Å². The number of allylic oxidation sites excluding steroid dienone is 4. The minimum absolute atomic E-state index is 1.02. The molecule has 0 aromatic carbocycles. The van der Waals surface area contributed by atoms with Crippen LogP contribution in [0, 0.1) is 0 Å². The Bertz CT molecular complexity index is 344. The van der Waals surface area contributed by atoms with Crippen LogP contribution in [0.5, 0.6) is 0 Å². The standard InChI is InChI=1S/C24H43P/c1-3-7-11-15-19-23(20-16-12-8-4-1)25-24-21-17-13-9-5-2-6-10-14-18-22-24/h19,21,25H,1-18,20,22H2/b23-19+,24-21?. The lowest BCUT2D eigenvalue weighted by Gasteiger charge is -2.14. The highest BCUT2D eigenvalue weighted by molar-refractivity contribution is 7.47. The summed E-state index contributed by atoms with van der Waals surface area (Å²) in [5, 5.41) is 3.61. The first-order valence-corrected chi connectivity index (χ1v) is 12.6. The van der Waals surface area contributed by atoms with E-state index < -0.39 is 0 Å². The van der Waals surface area contributed by atoms with Gasteiger partial charge < -0.3 is 0 Å². The van der Waals surface area contributed by atoms with Gasteiger partial charge in [0.1, 0.15) is 0 Å². The second-order valence-electron chi connectivity index (χ2n) is 8.32. The highest BCUT2D eigenvalue weighted by Crippen LogP contribution is 2.40. The largest absolute Gasteiger partial charge is 0.0808 e. The van der Waals surface area contributed by atoms with Crippen molar-refractivity contribution in [3.8, 4) is 0 Å². The predicted octanol–water partition coefficient (Wildman–Crippen LogP) is 9.26. The summed E-state index contributed by atoms with van der Waals surface area (Å²) in [4.78, 5) is 0. The van der Waals surface area contributed by atoms with Crippen molar-refractivity contribution in [1.29, 1.82) is 0 Å². The molecular formula is C24H43P. The summed E-state index contributed by atoms with van der Waals surface area (Å²) in [6.45, 7) is 0. The number of hydrogen-bond donors (Lipinski definition) is 0. The molecule has 2 rings (SSSR count). The SMILES string of the molecule is C1=C(P/C2=C/CCCCCCCCCC2)CCCCCCCCCC1. The predicted molar refractivity (Wildman–Crippen MR) is 117 cm³/mol. The van der Waals surface area contributed by atoms with Crippen LogP contribution < -0.4 is 0 Å². The van der Waals surface area contributed by atoms with Gasteiger partial charge in [0.2, 0.25) is 0 Å². The highest BCUT2D eigenvalue weighted by atomic mass is 31.1. The first-order valence-electron chi connectivity index (χ1n) is 11.6. The van der Waals surface area contributed by atoms with Crippen molar-refractivity contribution in [2.75, 3.05) is 0 Å². The van der Waals surface area contributed by atoms with Crippen LogP contribution in [0.25, 0.3) is 0 Å². The molecule has 0 nitrogen and oxygen atoms in total. The van der Waals surface area contributed by atoms with Crippen molar-refractivity contribution in [3.05, 3.63) is 22.8 Å². The Morgan fingerprint density at radius 1 is 0.400 bits per heavy atom. The van der Waals surface area contributed by atoms with Crippen LogP contribution in [0.15, 0.2) is 22.8 Å². The van der Waals surface area contributed by atoms with E-state index in [0.29, 0.717) is 0 Å². The van der Waals surface area contributed by atoms with Crippen molar-refractivity contribution >= 4 is 8.58 Å². The monoisotopic (exact) mass is 362 g/mol. The van der Waals surface area contributed by atoms with Crippen molar-refractivity contribution in [2.24, 2.45) is 0 Å². The Labute approximate surface area is 160 Å². The summed E-state index contributed by atoms with van der Waals surface area (Å²) in [5.74, 6) is 0. The Morgan fingerprint density at radius 3 is 1.12 bits per heavy atom. The van der Waals surface area contributed by atoms with E-state index in [-0.39, 0.29) is 0 Å². The topological polar surface area (TPSA) is 0 Å². The Kier molecular flexibility index (Phi) is 12.7. The molecule has 0 bridgehead atoms. The third kappa shape index (κ3) is 11.3. The second-order valence-corrected chi connectivity index (χ2v) is 9.85. The van der Waals surface area contributed by atoms with E-state index in [4.69, 9.17) is 0 Å². The van der Waals surface area contributed by atoms with Crippen LogP contribution in [0.1, 0.15) is 128 Å². The summed E-state index contributed by atoms with van der Waals surface area (Å²) in [7, 11) is 1.02. The lowest BCUT2D eigenvalue weighted by molar-refractivity contribution is 0.564. The van der Waals surface area contributed by atoms with Gasteiger partial charge in [-0.05, 0) is 62.0 Å². The summed E-state index contributed by atoms with van der Waals surface area (Å²) in [5.41, 5.74) is 0.